The summed E-state index contributed by atoms with van der Waals surface area (Å²) >= 11 is 7.39. The monoisotopic (exact) mass is 526 g/mol. The summed E-state index contributed by atoms with van der Waals surface area (Å²) in [5.41, 5.74) is 2.01. The van der Waals surface area contributed by atoms with Crippen LogP contribution in [-0.2, 0) is 9.53 Å². The number of esters is 1. The van der Waals surface area contributed by atoms with Crippen molar-refractivity contribution in [1.29, 1.82) is 0 Å². The number of allylic oxidation sites excluding steroid dienone is 1. The van der Waals surface area contributed by atoms with Crippen LogP contribution < -0.4 is 24.4 Å². The second-order valence-electron chi connectivity index (χ2n) is 8.43. The van der Waals surface area contributed by atoms with E-state index in [1.54, 1.807) is 51.3 Å². The first-order valence-electron chi connectivity index (χ1n) is 11.5. The quantitative estimate of drug-likeness (QED) is 0.430. The van der Waals surface area contributed by atoms with Gasteiger partial charge in [0.05, 0.1) is 41.7 Å². The molecule has 2 aromatic carbocycles. The van der Waals surface area contributed by atoms with E-state index >= 15 is 0 Å². The van der Waals surface area contributed by atoms with E-state index in [0.29, 0.717) is 42.7 Å². The molecule has 2 heterocycles. The summed E-state index contributed by atoms with van der Waals surface area (Å²) in [5.74, 6) is 0.553. The molecule has 188 valence electrons. The second-order valence-corrected chi connectivity index (χ2v) is 9.88. The van der Waals surface area contributed by atoms with Gasteiger partial charge in [0, 0.05) is 5.02 Å². The molecule has 4 rings (SSSR count). The van der Waals surface area contributed by atoms with Crippen molar-refractivity contribution in [2.75, 3.05) is 13.7 Å². The Labute approximate surface area is 217 Å². The molecule has 0 N–H and O–H groups in total. The van der Waals surface area contributed by atoms with Crippen LogP contribution in [0.25, 0.3) is 6.08 Å². The highest BCUT2D eigenvalue weighted by molar-refractivity contribution is 7.07. The molecule has 0 amide bonds. The van der Waals surface area contributed by atoms with Gasteiger partial charge in [-0.1, -0.05) is 41.1 Å². The summed E-state index contributed by atoms with van der Waals surface area (Å²) in [6.45, 7) is 7.54. The van der Waals surface area contributed by atoms with Gasteiger partial charge in [-0.3, -0.25) is 9.36 Å². The number of hydrogen-bond acceptors (Lipinski definition) is 7. The molecule has 0 bridgehead atoms. The predicted octanol–water partition coefficient (Wildman–Crippen LogP) is 4.25. The van der Waals surface area contributed by atoms with Gasteiger partial charge < -0.3 is 14.2 Å². The number of ether oxygens (including phenoxy) is 3. The number of methoxy groups -OCH3 is 1. The zero-order valence-electron chi connectivity index (χ0n) is 20.7. The minimum Gasteiger partial charge on any atom is -0.493 e. The molecular formula is C27H27ClN2O5S. The highest BCUT2D eigenvalue weighted by atomic mass is 35.5. The standard InChI is InChI=1S/C27H27ClN2O5S/c1-6-34-26(32)23-16(4)29-27-30(25(31)22(36-27)13-17-8-7-9-19(28)12-17)24(23)18-10-11-20(35-15(2)3)21(14-18)33-5/h7-15,24H,6H2,1-5H3/b22-13-/t24-/m1/s1. The lowest BCUT2D eigenvalue weighted by Crippen LogP contribution is -2.40. The van der Waals surface area contributed by atoms with E-state index in [2.05, 4.69) is 4.99 Å². The Morgan fingerprint density at radius 1 is 1.22 bits per heavy atom. The normalized spacial score (nSPS) is 15.5. The number of fused-ring (bicyclic) bond motifs is 1. The Balaban J connectivity index is 1.95. The molecule has 1 atom stereocenters. The molecule has 0 saturated carbocycles. The maximum absolute atomic E-state index is 13.7. The zero-order valence-corrected chi connectivity index (χ0v) is 22.3. The topological polar surface area (TPSA) is 79.1 Å². The first kappa shape index (κ1) is 25.7. The predicted molar refractivity (Wildman–Crippen MR) is 141 cm³/mol. The summed E-state index contributed by atoms with van der Waals surface area (Å²) in [4.78, 5) is 31.9. The Morgan fingerprint density at radius 3 is 2.67 bits per heavy atom. The van der Waals surface area contributed by atoms with Crippen LogP contribution in [0.5, 0.6) is 11.5 Å². The molecule has 7 nitrogen and oxygen atoms in total. The third-order valence-electron chi connectivity index (χ3n) is 5.53. The summed E-state index contributed by atoms with van der Waals surface area (Å²) in [6.07, 6.45) is 1.72. The van der Waals surface area contributed by atoms with Gasteiger partial charge in [0.25, 0.3) is 5.56 Å². The van der Waals surface area contributed by atoms with E-state index in [4.69, 9.17) is 25.8 Å². The number of halogens is 1. The Kier molecular flexibility index (Phi) is 7.66. The number of rotatable bonds is 7. The number of carbonyl (C=O) groups excluding carboxylic acids is 1. The molecule has 3 aromatic rings. The van der Waals surface area contributed by atoms with Crippen molar-refractivity contribution in [2.24, 2.45) is 4.99 Å². The second kappa shape index (κ2) is 10.7. The van der Waals surface area contributed by atoms with E-state index in [-0.39, 0.29) is 18.3 Å². The number of carbonyl (C=O) groups is 1. The number of thiazole rings is 1. The van der Waals surface area contributed by atoms with Crippen molar-refractivity contribution in [3.05, 3.63) is 89.6 Å². The van der Waals surface area contributed by atoms with Gasteiger partial charge in [-0.25, -0.2) is 9.79 Å². The van der Waals surface area contributed by atoms with Gasteiger partial charge in [-0.05, 0) is 69.2 Å². The van der Waals surface area contributed by atoms with Gasteiger partial charge in [0.2, 0.25) is 0 Å². The largest absolute Gasteiger partial charge is 0.493 e. The lowest BCUT2D eigenvalue weighted by Gasteiger charge is -2.25. The van der Waals surface area contributed by atoms with E-state index in [1.165, 1.54) is 15.9 Å². The van der Waals surface area contributed by atoms with Crippen LogP contribution in [0.4, 0.5) is 0 Å². The molecule has 0 saturated heterocycles. The van der Waals surface area contributed by atoms with Crippen LogP contribution in [0.3, 0.4) is 0 Å². The van der Waals surface area contributed by atoms with Crippen molar-refractivity contribution in [3.63, 3.8) is 0 Å². The number of benzene rings is 2. The van der Waals surface area contributed by atoms with Gasteiger partial charge in [-0.2, -0.15) is 0 Å². The smallest absolute Gasteiger partial charge is 0.338 e. The molecule has 1 aromatic heterocycles. The van der Waals surface area contributed by atoms with Crippen molar-refractivity contribution in [3.8, 4) is 11.5 Å². The fourth-order valence-electron chi connectivity index (χ4n) is 4.06. The van der Waals surface area contributed by atoms with Gasteiger partial charge in [-0.15, -0.1) is 0 Å². The third-order valence-corrected chi connectivity index (χ3v) is 6.75. The van der Waals surface area contributed by atoms with E-state index in [0.717, 1.165) is 5.56 Å². The highest BCUT2D eigenvalue weighted by Gasteiger charge is 2.34. The fraction of sp³-hybridized carbons (Fsp3) is 0.296. The number of aromatic nitrogens is 1. The SMILES string of the molecule is CCOC(=O)C1=C(C)N=c2s/c(=C\c3cccc(Cl)c3)c(=O)n2[C@@H]1c1ccc(OC(C)C)c(OC)c1. The molecule has 0 spiro atoms. The van der Waals surface area contributed by atoms with Crippen LogP contribution in [-0.4, -0.2) is 30.4 Å². The summed E-state index contributed by atoms with van der Waals surface area (Å²) in [7, 11) is 1.55. The van der Waals surface area contributed by atoms with E-state index in [9.17, 15) is 9.59 Å². The van der Waals surface area contributed by atoms with Crippen LogP contribution in [0.1, 0.15) is 44.9 Å². The van der Waals surface area contributed by atoms with Crippen molar-refractivity contribution in [1.82, 2.24) is 4.57 Å². The maximum Gasteiger partial charge on any atom is 0.338 e. The minimum absolute atomic E-state index is 0.0499. The molecular weight excluding hydrogens is 500 g/mol. The Morgan fingerprint density at radius 2 is 2.00 bits per heavy atom. The molecule has 0 aliphatic carbocycles. The fourth-order valence-corrected chi connectivity index (χ4v) is 5.31. The summed E-state index contributed by atoms with van der Waals surface area (Å²) < 4.78 is 18.8. The van der Waals surface area contributed by atoms with Crippen LogP contribution in [0.2, 0.25) is 5.02 Å². The third kappa shape index (κ3) is 5.10. The molecule has 1 aliphatic heterocycles. The maximum atomic E-state index is 13.7. The van der Waals surface area contributed by atoms with E-state index < -0.39 is 12.0 Å². The molecule has 0 unspecified atom stereocenters. The first-order valence-corrected chi connectivity index (χ1v) is 12.7. The van der Waals surface area contributed by atoms with Crippen molar-refractivity contribution in [2.45, 2.75) is 39.8 Å². The lowest BCUT2D eigenvalue weighted by atomic mass is 9.95. The van der Waals surface area contributed by atoms with Gasteiger partial charge in [0.15, 0.2) is 16.3 Å². The van der Waals surface area contributed by atoms with E-state index in [1.807, 2.05) is 32.0 Å². The average Bonchev–Trinajstić information content (AvgIpc) is 3.12. The van der Waals surface area contributed by atoms with Crippen LogP contribution in [0, 0.1) is 0 Å². The molecule has 1 aliphatic rings. The van der Waals surface area contributed by atoms with Crippen LogP contribution >= 0.6 is 22.9 Å². The van der Waals surface area contributed by atoms with Crippen molar-refractivity contribution < 1.29 is 19.0 Å². The molecule has 9 heteroatoms. The zero-order chi connectivity index (χ0) is 26.0. The first-order chi connectivity index (χ1) is 17.2. The Hall–Kier alpha value is -3.36. The average molecular weight is 527 g/mol. The molecule has 0 fully saturated rings. The molecule has 0 radical (unpaired) electrons. The highest BCUT2D eigenvalue weighted by Crippen LogP contribution is 2.36. The number of hydrogen-bond donors (Lipinski definition) is 0. The summed E-state index contributed by atoms with van der Waals surface area (Å²) in [6, 6.07) is 11.9. The Bertz CT molecular complexity index is 1520. The number of nitrogens with zero attached hydrogens (tertiary/aromatic N) is 2. The van der Waals surface area contributed by atoms with Gasteiger partial charge in [0.1, 0.15) is 0 Å². The van der Waals surface area contributed by atoms with Crippen molar-refractivity contribution >= 4 is 35.0 Å². The molecule has 36 heavy (non-hydrogen) atoms. The van der Waals surface area contributed by atoms with Gasteiger partial charge >= 0.3 is 5.97 Å². The minimum atomic E-state index is -0.746. The van der Waals surface area contributed by atoms with Crippen LogP contribution in [0.15, 0.2) is 63.5 Å². The lowest BCUT2D eigenvalue weighted by molar-refractivity contribution is -0.139. The summed E-state index contributed by atoms with van der Waals surface area (Å²) in [5, 5.41) is 0.575.